The highest BCUT2D eigenvalue weighted by atomic mass is 79.9. The van der Waals surface area contributed by atoms with Gasteiger partial charge in [0, 0.05) is 18.8 Å². The Kier molecular flexibility index (Phi) is 6.03. The van der Waals surface area contributed by atoms with Crippen molar-refractivity contribution in [3.05, 3.63) is 16.4 Å². The Bertz CT molecular complexity index is 489. The number of hydrogen-bond donors (Lipinski definition) is 1. The second kappa shape index (κ2) is 7.59. The summed E-state index contributed by atoms with van der Waals surface area (Å²) in [7, 11) is 0. The first kappa shape index (κ1) is 17.5. The summed E-state index contributed by atoms with van der Waals surface area (Å²) < 4.78 is 2.65. The molecule has 1 aliphatic rings. The van der Waals surface area contributed by atoms with Gasteiger partial charge in [0.1, 0.15) is 6.04 Å². The molecule has 1 saturated heterocycles. The van der Waals surface area contributed by atoms with Crippen LogP contribution < -0.4 is 5.32 Å². The lowest BCUT2D eigenvalue weighted by atomic mass is 9.99. The van der Waals surface area contributed by atoms with Crippen molar-refractivity contribution in [2.75, 3.05) is 19.6 Å². The molecule has 6 heteroatoms. The molecule has 0 saturated carbocycles. The highest BCUT2D eigenvalue weighted by Gasteiger charge is 2.21. The molecule has 2 heterocycles. The molecule has 5 nitrogen and oxygen atoms in total. The van der Waals surface area contributed by atoms with Gasteiger partial charge < -0.3 is 10.2 Å². The third kappa shape index (κ3) is 4.56. The van der Waals surface area contributed by atoms with Crippen LogP contribution in [0.5, 0.6) is 0 Å². The van der Waals surface area contributed by atoms with Gasteiger partial charge in [0.15, 0.2) is 0 Å². The van der Waals surface area contributed by atoms with E-state index in [0.717, 1.165) is 35.7 Å². The van der Waals surface area contributed by atoms with Crippen LogP contribution in [0.3, 0.4) is 0 Å². The van der Waals surface area contributed by atoms with Crippen molar-refractivity contribution in [3.63, 3.8) is 0 Å². The molecule has 1 aromatic heterocycles. The molecule has 1 aliphatic heterocycles. The Hall–Kier alpha value is -0.880. The number of nitrogens with zero attached hydrogens (tertiary/aromatic N) is 3. The minimum Gasteiger partial charge on any atom is -0.351 e. The number of amides is 1. The molecule has 22 heavy (non-hydrogen) atoms. The average molecular weight is 371 g/mol. The SMILES string of the molecule is Cc1nn([C@H](C)C(=O)N[C@@H](C)CN2CCC(C)CC2)cc1Br. The molecule has 0 unspecified atom stereocenters. The standard InChI is InChI=1S/C16H27BrN4O/c1-11-5-7-20(8-6-11)9-12(2)18-16(22)14(4)21-10-15(17)13(3)19-21/h10-12,14H,5-9H2,1-4H3,(H,18,22)/t12-,14+/m0/s1. The summed E-state index contributed by atoms with van der Waals surface area (Å²) in [6.45, 7) is 11.4. The molecule has 0 aliphatic carbocycles. The van der Waals surface area contributed by atoms with Gasteiger partial charge in [-0.15, -0.1) is 0 Å². The molecule has 1 N–H and O–H groups in total. The maximum absolute atomic E-state index is 12.4. The van der Waals surface area contributed by atoms with Crippen LogP contribution in [0.2, 0.25) is 0 Å². The van der Waals surface area contributed by atoms with Gasteiger partial charge in [0.05, 0.1) is 10.2 Å². The van der Waals surface area contributed by atoms with Crippen molar-refractivity contribution in [3.8, 4) is 0 Å². The van der Waals surface area contributed by atoms with E-state index in [2.05, 4.69) is 45.1 Å². The maximum Gasteiger partial charge on any atom is 0.244 e. The van der Waals surface area contributed by atoms with Gasteiger partial charge in [0.2, 0.25) is 5.91 Å². The normalized spacial score (nSPS) is 19.9. The van der Waals surface area contributed by atoms with Crippen molar-refractivity contribution in [2.24, 2.45) is 5.92 Å². The van der Waals surface area contributed by atoms with E-state index in [1.807, 2.05) is 20.0 Å². The number of halogens is 1. The molecule has 0 radical (unpaired) electrons. The van der Waals surface area contributed by atoms with Gasteiger partial charge in [-0.1, -0.05) is 6.92 Å². The fourth-order valence-corrected chi connectivity index (χ4v) is 3.11. The van der Waals surface area contributed by atoms with Crippen molar-refractivity contribution >= 4 is 21.8 Å². The van der Waals surface area contributed by atoms with E-state index in [4.69, 9.17) is 0 Å². The van der Waals surface area contributed by atoms with E-state index in [9.17, 15) is 4.79 Å². The molecule has 0 bridgehead atoms. The molecular weight excluding hydrogens is 344 g/mol. The number of aryl methyl sites for hydroxylation is 1. The lowest BCUT2D eigenvalue weighted by molar-refractivity contribution is -0.124. The van der Waals surface area contributed by atoms with Crippen LogP contribution in [0, 0.1) is 12.8 Å². The fraction of sp³-hybridized carbons (Fsp3) is 0.750. The molecule has 1 fully saturated rings. The minimum atomic E-state index is -0.297. The summed E-state index contributed by atoms with van der Waals surface area (Å²) in [5.74, 6) is 0.857. The van der Waals surface area contributed by atoms with Crippen LogP contribution in [0.15, 0.2) is 10.7 Å². The van der Waals surface area contributed by atoms with Crippen LogP contribution in [0.25, 0.3) is 0 Å². The van der Waals surface area contributed by atoms with Crippen molar-refractivity contribution in [1.29, 1.82) is 0 Å². The smallest absolute Gasteiger partial charge is 0.244 e. The maximum atomic E-state index is 12.4. The first-order chi connectivity index (χ1) is 10.4. The lowest BCUT2D eigenvalue weighted by Gasteiger charge is -2.32. The number of nitrogens with one attached hydrogen (secondary N) is 1. The largest absolute Gasteiger partial charge is 0.351 e. The number of likely N-dealkylation sites (tertiary alicyclic amines) is 1. The number of carbonyl (C=O) groups excluding carboxylic acids is 1. The zero-order valence-electron chi connectivity index (χ0n) is 14.0. The van der Waals surface area contributed by atoms with E-state index < -0.39 is 0 Å². The summed E-state index contributed by atoms with van der Waals surface area (Å²) in [5.41, 5.74) is 0.898. The molecule has 1 aromatic rings. The number of rotatable bonds is 5. The predicted octanol–water partition coefficient (Wildman–Crippen LogP) is 2.75. The fourth-order valence-electron chi connectivity index (χ4n) is 2.82. The molecule has 124 valence electrons. The van der Waals surface area contributed by atoms with Crippen molar-refractivity contribution < 1.29 is 4.79 Å². The Morgan fingerprint density at radius 3 is 2.64 bits per heavy atom. The summed E-state index contributed by atoms with van der Waals surface area (Å²) in [4.78, 5) is 14.8. The first-order valence-corrected chi connectivity index (χ1v) is 8.90. The zero-order valence-corrected chi connectivity index (χ0v) is 15.6. The number of carbonyl (C=O) groups is 1. The Labute approximate surface area is 141 Å². The average Bonchev–Trinajstić information content (AvgIpc) is 2.80. The van der Waals surface area contributed by atoms with Gasteiger partial charge in [-0.2, -0.15) is 5.10 Å². The van der Waals surface area contributed by atoms with E-state index in [1.54, 1.807) is 4.68 Å². The van der Waals surface area contributed by atoms with E-state index in [0.29, 0.717) is 0 Å². The summed E-state index contributed by atoms with van der Waals surface area (Å²) in [6, 6.07) is -0.141. The van der Waals surface area contributed by atoms with Gasteiger partial charge >= 0.3 is 0 Å². The van der Waals surface area contributed by atoms with Crippen LogP contribution in [-0.4, -0.2) is 46.3 Å². The Morgan fingerprint density at radius 1 is 1.45 bits per heavy atom. The van der Waals surface area contributed by atoms with E-state index >= 15 is 0 Å². The van der Waals surface area contributed by atoms with Crippen molar-refractivity contribution in [2.45, 2.75) is 52.6 Å². The van der Waals surface area contributed by atoms with Crippen LogP contribution >= 0.6 is 15.9 Å². The van der Waals surface area contributed by atoms with Crippen LogP contribution in [-0.2, 0) is 4.79 Å². The van der Waals surface area contributed by atoms with Gasteiger partial charge in [-0.05, 0) is 68.6 Å². The topological polar surface area (TPSA) is 50.2 Å². The first-order valence-electron chi connectivity index (χ1n) is 8.10. The summed E-state index contributed by atoms with van der Waals surface area (Å²) in [6.07, 6.45) is 4.38. The quantitative estimate of drug-likeness (QED) is 0.866. The number of aromatic nitrogens is 2. The second-order valence-electron chi connectivity index (χ2n) is 6.61. The van der Waals surface area contributed by atoms with Gasteiger partial charge in [-0.25, -0.2) is 0 Å². The molecular formula is C16H27BrN4O. The molecule has 2 atom stereocenters. The monoisotopic (exact) mass is 370 g/mol. The molecule has 0 aromatic carbocycles. The zero-order chi connectivity index (χ0) is 16.3. The third-order valence-electron chi connectivity index (χ3n) is 4.43. The third-order valence-corrected chi connectivity index (χ3v) is 5.21. The molecule has 1 amide bonds. The molecule has 2 rings (SSSR count). The highest BCUT2D eigenvalue weighted by molar-refractivity contribution is 9.10. The van der Waals surface area contributed by atoms with Gasteiger partial charge in [0.25, 0.3) is 0 Å². The molecule has 0 spiro atoms. The Morgan fingerprint density at radius 2 is 2.09 bits per heavy atom. The predicted molar refractivity (Wildman–Crippen MR) is 91.8 cm³/mol. The minimum absolute atomic E-state index is 0.0212. The van der Waals surface area contributed by atoms with Crippen molar-refractivity contribution in [1.82, 2.24) is 20.0 Å². The van der Waals surface area contributed by atoms with E-state index in [-0.39, 0.29) is 18.0 Å². The number of hydrogen-bond acceptors (Lipinski definition) is 3. The highest BCUT2D eigenvalue weighted by Crippen LogP contribution is 2.18. The van der Waals surface area contributed by atoms with E-state index in [1.165, 1.54) is 12.8 Å². The van der Waals surface area contributed by atoms with Crippen LogP contribution in [0.1, 0.15) is 45.3 Å². The Balaban J connectivity index is 1.82. The second-order valence-corrected chi connectivity index (χ2v) is 7.47. The van der Waals surface area contributed by atoms with Crippen LogP contribution in [0.4, 0.5) is 0 Å². The van der Waals surface area contributed by atoms with Gasteiger partial charge in [-0.3, -0.25) is 9.48 Å². The number of piperidine rings is 1. The summed E-state index contributed by atoms with van der Waals surface area (Å²) >= 11 is 3.43. The summed E-state index contributed by atoms with van der Waals surface area (Å²) in [5, 5.41) is 7.47. The lowest BCUT2D eigenvalue weighted by Crippen LogP contribution is -2.46.